The van der Waals surface area contributed by atoms with Crippen molar-refractivity contribution in [3.63, 3.8) is 0 Å². The fourth-order valence-corrected chi connectivity index (χ4v) is 5.33. The maximum Gasteiger partial charge on any atom is 0.0970 e. The van der Waals surface area contributed by atoms with Gasteiger partial charge in [-0.1, -0.05) is 109 Å². The molecule has 2 heteroatoms. The molecule has 7 aromatic rings. The Hall–Kier alpha value is -5.08. The highest BCUT2D eigenvalue weighted by Crippen LogP contribution is 2.36. The summed E-state index contributed by atoms with van der Waals surface area (Å²) in [4.78, 5) is 9.63. The van der Waals surface area contributed by atoms with Gasteiger partial charge in [-0.05, 0) is 68.8 Å². The van der Waals surface area contributed by atoms with E-state index in [2.05, 4.69) is 121 Å². The van der Waals surface area contributed by atoms with Gasteiger partial charge in [-0.25, -0.2) is 0 Å². The fraction of sp³-hybridized carbons (Fsp3) is 0. The summed E-state index contributed by atoms with van der Waals surface area (Å²) < 4.78 is 0. The van der Waals surface area contributed by atoms with E-state index in [-0.39, 0.29) is 0 Å². The number of rotatable bonds is 4. The average molecular weight is 485 g/mol. The van der Waals surface area contributed by atoms with Crippen molar-refractivity contribution >= 4 is 21.8 Å². The highest BCUT2D eigenvalue weighted by molar-refractivity contribution is 6.11. The van der Waals surface area contributed by atoms with Crippen LogP contribution in [0.25, 0.3) is 66.3 Å². The largest absolute Gasteiger partial charge is 0.254 e. The molecule has 178 valence electrons. The third-order valence-electron chi connectivity index (χ3n) is 7.18. The van der Waals surface area contributed by atoms with E-state index in [9.17, 15) is 0 Å². The van der Waals surface area contributed by atoms with E-state index in [4.69, 9.17) is 9.97 Å². The Balaban J connectivity index is 1.37. The zero-order chi connectivity index (χ0) is 25.3. The smallest absolute Gasteiger partial charge is 0.0970 e. The van der Waals surface area contributed by atoms with E-state index in [1.54, 1.807) is 0 Å². The SMILES string of the molecule is c1ccc(-c2cccc(-c3ccnc4c3ccc3c(-c5cccc(-c6ccccc6)c5)ccnc34)c2)cc1. The zero-order valence-corrected chi connectivity index (χ0v) is 20.8. The first-order chi connectivity index (χ1) is 18.8. The standard InChI is InChI=1S/C36H24N2/c1-3-9-25(10-4-1)27-13-7-15-29(23-27)31-19-21-37-35-33(31)17-18-34-32(20-22-38-36(34)35)30-16-8-14-28(24-30)26-11-5-2-6-12-26/h1-24H. The second kappa shape index (κ2) is 9.42. The predicted molar refractivity (Wildman–Crippen MR) is 159 cm³/mol. The number of nitrogens with zero attached hydrogens (tertiary/aromatic N) is 2. The first-order valence-electron chi connectivity index (χ1n) is 12.8. The summed E-state index contributed by atoms with van der Waals surface area (Å²) in [6.45, 7) is 0. The van der Waals surface area contributed by atoms with Crippen LogP contribution in [0.2, 0.25) is 0 Å². The van der Waals surface area contributed by atoms with Gasteiger partial charge in [0.15, 0.2) is 0 Å². The molecule has 0 radical (unpaired) electrons. The van der Waals surface area contributed by atoms with Gasteiger partial charge in [0.1, 0.15) is 0 Å². The lowest BCUT2D eigenvalue weighted by atomic mass is 9.94. The average Bonchev–Trinajstić information content (AvgIpc) is 3.01. The lowest BCUT2D eigenvalue weighted by molar-refractivity contribution is 1.37. The number of hydrogen-bond acceptors (Lipinski definition) is 2. The van der Waals surface area contributed by atoms with Gasteiger partial charge in [-0.2, -0.15) is 0 Å². The van der Waals surface area contributed by atoms with E-state index < -0.39 is 0 Å². The molecule has 0 atom stereocenters. The first-order valence-corrected chi connectivity index (χ1v) is 12.8. The molecular formula is C36H24N2. The first kappa shape index (κ1) is 22.1. The van der Waals surface area contributed by atoms with Gasteiger partial charge in [0.05, 0.1) is 11.0 Å². The topological polar surface area (TPSA) is 25.8 Å². The lowest BCUT2D eigenvalue weighted by Crippen LogP contribution is -1.91. The van der Waals surface area contributed by atoms with Crippen LogP contribution in [0.15, 0.2) is 146 Å². The summed E-state index contributed by atoms with van der Waals surface area (Å²) in [7, 11) is 0. The molecule has 0 aliphatic rings. The molecule has 0 aliphatic heterocycles. The molecule has 7 rings (SSSR count). The van der Waals surface area contributed by atoms with Gasteiger partial charge in [-0.3, -0.25) is 9.97 Å². The Bertz CT molecular complexity index is 1770. The van der Waals surface area contributed by atoms with E-state index in [0.717, 1.165) is 32.9 Å². The highest BCUT2D eigenvalue weighted by Gasteiger charge is 2.13. The molecule has 0 amide bonds. The normalized spacial score (nSPS) is 11.2. The van der Waals surface area contributed by atoms with Gasteiger partial charge in [-0.15, -0.1) is 0 Å². The third-order valence-corrected chi connectivity index (χ3v) is 7.18. The maximum atomic E-state index is 4.81. The molecule has 0 aliphatic carbocycles. The molecular weight excluding hydrogens is 460 g/mol. The number of benzene rings is 5. The Labute approximate surface area is 221 Å². The van der Waals surface area contributed by atoms with E-state index in [1.807, 2.05) is 24.5 Å². The summed E-state index contributed by atoms with van der Waals surface area (Å²) in [5.41, 5.74) is 11.3. The Morgan fingerprint density at radius 2 is 0.711 bits per heavy atom. The third kappa shape index (κ3) is 3.93. The van der Waals surface area contributed by atoms with Crippen molar-refractivity contribution in [2.75, 3.05) is 0 Å². The van der Waals surface area contributed by atoms with Gasteiger partial charge in [0.25, 0.3) is 0 Å². The molecule has 0 spiro atoms. The minimum absolute atomic E-state index is 0.922. The molecule has 0 unspecified atom stereocenters. The quantitative estimate of drug-likeness (QED) is 0.233. The van der Waals surface area contributed by atoms with Gasteiger partial charge in [0.2, 0.25) is 0 Å². The Morgan fingerprint density at radius 3 is 1.16 bits per heavy atom. The predicted octanol–water partition coefficient (Wildman–Crippen LogP) is 9.45. The van der Waals surface area contributed by atoms with Crippen LogP contribution < -0.4 is 0 Å². The van der Waals surface area contributed by atoms with Crippen molar-refractivity contribution in [3.05, 3.63) is 146 Å². The number of pyridine rings is 2. The van der Waals surface area contributed by atoms with Crippen molar-refractivity contribution in [2.45, 2.75) is 0 Å². The Kier molecular flexibility index (Phi) is 5.49. The fourth-order valence-electron chi connectivity index (χ4n) is 5.33. The maximum absolute atomic E-state index is 4.81. The van der Waals surface area contributed by atoms with Crippen LogP contribution in [0.5, 0.6) is 0 Å². The molecule has 0 bridgehead atoms. The summed E-state index contributed by atoms with van der Waals surface area (Å²) in [6.07, 6.45) is 3.80. The van der Waals surface area contributed by atoms with Crippen molar-refractivity contribution in [1.82, 2.24) is 9.97 Å². The van der Waals surface area contributed by atoms with E-state index >= 15 is 0 Å². The molecule has 2 aromatic heterocycles. The lowest BCUT2D eigenvalue weighted by Gasteiger charge is -2.12. The summed E-state index contributed by atoms with van der Waals surface area (Å²) in [6, 6.07) is 47.0. The van der Waals surface area contributed by atoms with Crippen molar-refractivity contribution in [2.24, 2.45) is 0 Å². The van der Waals surface area contributed by atoms with Gasteiger partial charge >= 0.3 is 0 Å². The van der Waals surface area contributed by atoms with Crippen molar-refractivity contribution in [3.8, 4) is 44.5 Å². The summed E-state index contributed by atoms with van der Waals surface area (Å²) in [5, 5.41) is 2.21. The van der Waals surface area contributed by atoms with Crippen LogP contribution in [0, 0.1) is 0 Å². The van der Waals surface area contributed by atoms with Crippen LogP contribution in [0.4, 0.5) is 0 Å². The van der Waals surface area contributed by atoms with Crippen molar-refractivity contribution in [1.29, 1.82) is 0 Å². The Morgan fingerprint density at radius 1 is 0.316 bits per heavy atom. The van der Waals surface area contributed by atoms with E-state index in [1.165, 1.54) is 33.4 Å². The van der Waals surface area contributed by atoms with Crippen LogP contribution >= 0.6 is 0 Å². The molecule has 38 heavy (non-hydrogen) atoms. The molecule has 0 fully saturated rings. The van der Waals surface area contributed by atoms with Crippen LogP contribution in [-0.2, 0) is 0 Å². The zero-order valence-electron chi connectivity index (χ0n) is 20.8. The second-order valence-electron chi connectivity index (χ2n) is 9.47. The minimum atomic E-state index is 0.922. The molecule has 0 saturated heterocycles. The van der Waals surface area contributed by atoms with Crippen LogP contribution in [-0.4, -0.2) is 9.97 Å². The van der Waals surface area contributed by atoms with Crippen molar-refractivity contribution < 1.29 is 0 Å². The molecule has 2 heterocycles. The second-order valence-corrected chi connectivity index (χ2v) is 9.47. The minimum Gasteiger partial charge on any atom is -0.254 e. The van der Waals surface area contributed by atoms with Gasteiger partial charge < -0.3 is 0 Å². The number of aromatic nitrogens is 2. The molecule has 0 N–H and O–H groups in total. The van der Waals surface area contributed by atoms with Crippen LogP contribution in [0.1, 0.15) is 0 Å². The number of fused-ring (bicyclic) bond motifs is 3. The summed E-state index contributed by atoms with van der Waals surface area (Å²) >= 11 is 0. The highest BCUT2D eigenvalue weighted by atomic mass is 14.7. The monoisotopic (exact) mass is 484 g/mol. The van der Waals surface area contributed by atoms with Crippen LogP contribution in [0.3, 0.4) is 0 Å². The molecule has 2 nitrogen and oxygen atoms in total. The molecule has 0 saturated carbocycles. The number of hydrogen-bond donors (Lipinski definition) is 0. The van der Waals surface area contributed by atoms with Gasteiger partial charge in [0, 0.05) is 23.2 Å². The molecule has 5 aromatic carbocycles. The summed E-state index contributed by atoms with van der Waals surface area (Å²) in [5.74, 6) is 0. The van der Waals surface area contributed by atoms with E-state index in [0.29, 0.717) is 0 Å².